The van der Waals surface area contributed by atoms with E-state index in [0.717, 1.165) is 39.3 Å². The van der Waals surface area contributed by atoms with Crippen molar-refractivity contribution in [2.45, 2.75) is 32.9 Å². The maximum absolute atomic E-state index is 5.36. The third-order valence-electron chi connectivity index (χ3n) is 4.21. The van der Waals surface area contributed by atoms with E-state index in [4.69, 9.17) is 11.5 Å². The zero-order valence-corrected chi connectivity index (χ0v) is 15.3. The number of rotatable bonds is 6. The van der Waals surface area contributed by atoms with Gasteiger partial charge >= 0.3 is 0 Å². The molecule has 0 unspecified atom stereocenters. The fourth-order valence-electron chi connectivity index (χ4n) is 2.74. The SMILES string of the molecule is CC(C)(C)NCc1ccc(N2CCN(CCN=C(N)N)CC2)cc1. The van der Waals surface area contributed by atoms with Crippen molar-refractivity contribution in [2.24, 2.45) is 16.5 Å². The summed E-state index contributed by atoms with van der Waals surface area (Å²) in [6.45, 7) is 13.3. The van der Waals surface area contributed by atoms with Crippen LogP contribution in [0.5, 0.6) is 0 Å². The van der Waals surface area contributed by atoms with E-state index in [1.807, 2.05) is 0 Å². The zero-order valence-electron chi connectivity index (χ0n) is 15.3. The minimum Gasteiger partial charge on any atom is -0.370 e. The van der Waals surface area contributed by atoms with Gasteiger partial charge in [-0.3, -0.25) is 9.89 Å². The molecular weight excluding hydrogens is 300 g/mol. The van der Waals surface area contributed by atoms with Gasteiger partial charge in [-0.15, -0.1) is 0 Å². The monoisotopic (exact) mass is 332 g/mol. The fourth-order valence-corrected chi connectivity index (χ4v) is 2.74. The Hall–Kier alpha value is -1.79. The first-order valence-electron chi connectivity index (χ1n) is 8.70. The van der Waals surface area contributed by atoms with Gasteiger partial charge in [0.2, 0.25) is 0 Å². The lowest BCUT2D eigenvalue weighted by molar-refractivity contribution is 0.265. The van der Waals surface area contributed by atoms with Crippen LogP contribution in [0.1, 0.15) is 26.3 Å². The third-order valence-corrected chi connectivity index (χ3v) is 4.21. The number of piperazine rings is 1. The number of guanidine groups is 1. The lowest BCUT2D eigenvalue weighted by Crippen LogP contribution is -2.47. The summed E-state index contributed by atoms with van der Waals surface area (Å²) >= 11 is 0. The highest BCUT2D eigenvalue weighted by atomic mass is 15.3. The molecule has 134 valence electrons. The Kier molecular flexibility index (Phi) is 6.45. The molecule has 1 saturated heterocycles. The number of aliphatic imine (C=N–C) groups is 1. The molecule has 0 saturated carbocycles. The number of anilines is 1. The van der Waals surface area contributed by atoms with Crippen molar-refractivity contribution in [3.05, 3.63) is 29.8 Å². The van der Waals surface area contributed by atoms with E-state index in [9.17, 15) is 0 Å². The minimum absolute atomic E-state index is 0.146. The van der Waals surface area contributed by atoms with Crippen LogP contribution in [0.4, 0.5) is 5.69 Å². The molecule has 1 heterocycles. The maximum atomic E-state index is 5.36. The van der Waals surface area contributed by atoms with E-state index in [1.54, 1.807) is 0 Å². The molecule has 0 spiro atoms. The van der Waals surface area contributed by atoms with Crippen molar-refractivity contribution in [2.75, 3.05) is 44.2 Å². The highest BCUT2D eigenvalue weighted by Gasteiger charge is 2.16. The van der Waals surface area contributed by atoms with Gasteiger partial charge in [-0.25, -0.2) is 0 Å². The summed E-state index contributed by atoms with van der Waals surface area (Å²) < 4.78 is 0. The molecule has 1 aromatic rings. The third kappa shape index (κ3) is 6.37. The highest BCUT2D eigenvalue weighted by molar-refractivity contribution is 5.75. The Labute approximate surface area is 145 Å². The van der Waals surface area contributed by atoms with Gasteiger partial charge in [0.15, 0.2) is 5.96 Å². The van der Waals surface area contributed by atoms with E-state index < -0.39 is 0 Å². The number of hydrogen-bond acceptors (Lipinski definition) is 4. The van der Waals surface area contributed by atoms with Gasteiger partial charge in [-0.2, -0.15) is 0 Å². The number of hydrogen-bond donors (Lipinski definition) is 3. The number of nitrogens with zero attached hydrogens (tertiary/aromatic N) is 3. The first-order chi connectivity index (χ1) is 11.3. The average Bonchev–Trinajstić information content (AvgIpc) is 2.53. The van der Waals surface area contributed by atoms with Crippen LogP contribution >= 0.6 is 0 Å². The van der Waals surface area contributed by atoms with Gasteiger partial charge in [0.05, 0.1) is 6.54 Å². The fraction of sp³-hybridized carbons (Fsp3) is 0.611. The molecule has 2 rings (SSSR count). The van der Waals surface area contributed by atoms with Crippen LogP contribution in [0.15, 0.2) is 29.3 Å². The molecule has 0 bridgehead atoms. The van der Waals surface area contributed by atoms with Crippen LogP contribution < -0.4 is 21.7 Å². The summed E-state index contributed by atoms with van der Waals surface area (Å²) in [6, 6.07) is 8.90. The molecule has 1 aliphatic rings. The molecular formula is C18H32N6. The van der Waals surface area contributed by atoms with Crippen LogP contribution in [-0.4, -0.2) is 55.7 Å². The minimum atomic E-state index is 0.146. The lowest BCUT2D eigenvalue weighted by atomic mass is 10.1. The summed E-state index contributed by atoms with van der Waals surface area (Å²) in [4.78, 5) is 8.90. The second kappa shape index (κ2) is 8.35. The van der Waals surface area contributed by atoms with Gasteiger partial charge in [-0.05, 0) is 38.5 Å². The van der Waals surface area contributed by atoms with Crippen LogP contribution in [0, 0.1) is 0 Å². The molecule has 0 aliphatic carbocycles. The smallest absolute Gasteiger partial charge is 0.185 e. The second-order valence-electron chi connectivity index (χ2n) is 7.41. The van der Waals surface area contributed by atoms with Crippen LogP contribution in [0.2, 0.25) is 0 Å². The normalized spacial score (nSPS) is 16.2. The largest absolute Gasteiger partial charge is 0.370 e. The number of benzene rings is 1. The quantitative estimate of drug-likeness (QED) is 0.534. The second-order valence-corrected chi connectivity index (χ2v) is 7.41. The first kappa shape index (κ1) is 18.5. The van der Waals surface area contributed by atoms with Crippen molar-refractivity contribution in [3.8, 4) is 0 Å². The summed E-state index contributed by atoms with van der Waals surface area (Å²) in [6.07, 6.45) is 0. The first-order valence-corrected chi connectivity index (χ1v) is 8.70. The highest BCUT2D eigenvalue weighted by Crippen LogP contribution is 2.17. The van der Waals surface area contributed by atoms with Crippen molar-refractivity contribution < 1.29 is 0 Å². The maximum Gasteiger partial charge on any atom is 0.185 e. The Morgan fingerprint density at radius 3 is 2.25 bits per heavy atom. The van der Waals surface area contributed by atoms with Crippen molar-refractivity contribution in [1.82, 2.24) is 10.2 Å². The number of nitrogens with two attached hydrogens (primary N) is 2. The van der Waals surface area contributed by atoms with Gasteiger partial charge in [-0.1, -0.05) is 12.1 Å². The molecule has 1 aliphatic heterocycles. The Bertz CT molecular complexity index is 519. The molecule has 6 heteroatoms. The number of nitrogens with one attached hydrogen (secondary N) is 1. The molecule has 0 amide bonds. The molecule has 0 radical (unpaired) electrons. The van der Waals surface area contributed by atoms with Crippen molar-refractivity contribution in [3.63, 3.8) is 0 Å². The molecule has 5 N–H and O–H groups in total. The van der Waals surface area contributed by atoms with Gasteiger partial charge in [0.1, 0.15) is 0 Å². The van der Waals surface area contributed by atoms with Crippen LogP contribution in [-0.2, 0) is 6.54 Å². The van der Waals surface area contributed by atoms with E-state index in [-0.39, 0.29) is 11.5 Å². The Morgan fingerprint density at radius 2 is 1.71 bits per heavy atom. The van der Waals surface area contributed by atoms with Crippen LogP contribution in [0.25, 0.3) is 0 Å². The molecule has 0 atom stereocenters. The standard InChI is InChI=1S/C18H32N6/c1-18(2,3)22-14-15-4-6-16(7-5-15)24-12-10-23(11-13-24)9-8-21-17(19)20/h4-7,22H,8-14H2,1-3H3,(H4,19,20,21). The van der Waals surface area contributed by atoms with Gasteiger partial charge in [0.25, 0.3) is 0 Å². The molecule has 1 fully saturated rings. The van der Waals surface area contributed by atoms with Gasteiger partial charge in [0, 0.05) is 50.5 Å². The summed E-state index contributed by atoms with van der Waals surface area (Å²) in [5.74, 6) is 0.176. The topological polar surface area (TPSA) is 82.9 Å². The Balaban J connectivity index is 1.78. The predicted octanol–water partition coefficient (Wildman–Crippen LogP) is 0.970. The van der Waals surface area contributed by atoms with Crippen molar-refractivity contribution in [1.29, 1.82) is 0 Å². The molecule has 1 aromatic carbocycles. The summed E-state index contributed by atoms with van der Waals surface area (Å²) in [7, 11) is 0. The zero-order chi connectivity index (χ0) is 17.6. The van der Waals surface area contributed by atoms with E-state index in [2.05, 4.69) is 65.1 Å². The predicted molar refractivity (Wildman–Crippen MR) is 102 cm³/mol. The summed E-state index contributed by atoms with van der Waals surface area (Å²) in [5, 5.41) is 3.52. The summed E-state index contributed by atoms with van der Waals surface area (Å²) in [5.41, 5.74) is 13.5. The average molecular weight is 332 g/mol. The van der Waals surface area contributed by atoms with E-state index >= 15 is 0 Å². The lowest BCUT2D eigenvalue weighted by Gasteiger charge is -2.36. The van der Waals surface area contributed by atoms with Crippen molar-refractivity contribution >= 4 is 11.6 Å². The van der Waals surface area contributed by atoms with Gasteiger partial charge < -0.3 is 21.7 Å². The molecule has 24 heavy (non-hydrogen) atoms. The Morgan fingerprint density at radius 1 is 1.08 bits per heavy atom. The van der Waals surface area contributed by atoms with Crippen LogP contribution in [0.3, 0.4) is 0 Å². The van der Waals surface area contributed by atoms with E-state index in [1.165, 1.54) is 11.3 Å². The van der Waals surface area contributed by atoms with E-state index in [0.29, 0.717) is 6.54 Å². The molecule has 0 aromatic heterocycles. The molecule has 6 nitrogen and oxygen atoms in total.